The number of hydrogen-bond acceptors (Lipinski definition) is 3. The van der Waals surface area contributed by atoms with Crippen molar-refractivity contribution in [2.45, 2.75) is 25.7 Å². The molecule has 0 saturated heterocycles. The predicted octanol–water partition coefficient (Wildman–Crippen LogP) is 3.09. The van der Waals surface area contributed by atoms with E-state index in [9.17, 15) is 0 Å². The summed E-state index contributed by atoms with van der Waals surface area (Å²) in [6, 6.07) is 10.3. The number of rotatable bonds is 11. The van der Waals surface area contributed by atoms with Gasteiger partial charge in [-0.1, -0.05) is 18.2 Å². The van der Waals surface area contributed by atoms with Gasteiger partial charge < -0.3 is 20.7 Å². The summed E-state index contributed by atoms with van der Waals surface area (Å²) in [5.74, 6) is 1.72. The number of halogens is 1. The number of hydrogen-bond donors (Lipinski definition) is 3. The van der Waals surface area contributed by atoms with Crippen molar-refractivity contribution in [1.82, 2.24) is 10.6 Å². The molecule has 5 nitrogen and oxygen atoms in total. The largest absolute Gasteiger partial charge is 0.385 e. The maximum atomic E-state index is 5.62. The van der Waals surface area contributed by atoms with Crippen molar-refractivity contribution in [3.05, 3.63) is 30.3 Å². The number of nitrogens with zero attached hydrogens (tertiary/aromatic N) is 1. The molecule has 1 aliphatic rings. The fraction of sp³-hybridized carbons (Fsp3) is 0.611. The molecule has 0 unspecified atom stereocenters. The average molecular weight is 446 g/mol. The Labute approximate surface area is 163 Å². The Balaban J connectivity index is 0.00000288. The van der Waals surface area contributed by atoms with Crippen LogP contribution in [0.25, 0.3) is 0 Å². The Morgan fingerprint density at radius 2 is 1.79 bits per heavy atom. The van der Waals surface area contributed by atoms with E-state index in [0.29, 0.717) is 0 Å². The Morgan fingerprint density at radius 3 is 2.46 bits per heavy atom. The number of guanidine groups is 1. The van der Waals surface area contributed by atoms with Crippen LogP contribution in [0, 0.1) is 5.92 Å². The van der Waals surface area contributed by atoms with E-state index in [2.05, 4.69) is 33.1 Å². The number of anilines is 1. The van der Waals surface area contributed by atoms with Gasteiger partial charge in [0.15, 0.2) is 5.96 Å². The zero-order valence-electron chi connectivity index (χ0n) is 14.6. The minimum atomic E-state index is 0. The average Bonchev–Trinajstić information content (AvgIpc) is 3.41. The van der Waals surface area contributed by atoms with Crippen LogP contribution in [0.5, 0.6) is 0 Å². The summed E-state index contributed by atoms with van der Waals surface area (Å²) in [4.78, 5) is 4.23. The molecule has 3 N–H and O–H groups in total. The number of nitrogens with one attached hydrogen (secondary N) is 3. The number of ether oxygens (including phenoxy) is 1. The van der Waals surface area contributed by atoms with Gasteiger partial charge in [0, 0.05) is 45.6 Å². The van der Waals surface area contributed by atoms with Crippen molar-refractivity contribution in [3.8, 4) is 0 Å². The summed E-state index contributed by atoms with van der Waals surface area (Å²) < 4.78 is 5.62. The zero-order valence-corrected chi connectivity index (χ0v) is 16.9. The van der Waals surface area contributed by atoms with Gasteiger partial charge in [-0.25, -0.2) is 0 Å². The van der Waals surface area contributed by atoms with Crippen LogP contribution >= 0.6 is 24.0 Å². The lowest BCUT2D eigenvalue weighted by molar-refractivity contribution is 0.123. The molecule has 1 saturated carbocycles. The minimum absolute atomic E-state index is 0. The molecular formula is C18H31IN4O. The van der Waals surface area contributed by atoms with Gasteiger partial charge in [0.1, 0.15) is 0 Å². The third-order valence-electron chi connectivity index (χ3n) is 3.78. The Kier molecular flexibility index (Phi) is 11.6. The highest BCUT2D eigenvalue weighted by Gasteiger charge is 2.20. The molecular weight excluding hydrogens is 415 g/mol. The van der Waals surface area contributed by atoms with Crippen LogP contribution in [0.15, 0.2) is 35.3 Å². The van der Waals surface area contributed by atoms with Crippen LogP contribution in [-0.4, -0.2) is 45.9 Å². The van der Waals surface area contributed by atoms with Gasteiger partial charge in [-0.05, 0) is 43.7 Å². The van der Waals surface area contributed by atoms with E-state index in [0.717, 1.165) is 57.6 Å². The molecule has 1 aliphatic carbocycles. The van der Waals surface area contributed by atoms with Gasteiger partial charge in [0.05, 0.1) is 0 Å². The summed E-state index contributed by atoms with van der Waals surface area (Å²) in [6.07, 6.45) is 4.77. The molecule has 0 aliphatic heterocycles. The van der Waals surface area contributed by atoms with Gasteiger partial charge in [-0.15, -0.1) is 24.0 Å². The van der Waals surface area contributed by atoms with Gasteiger partial charge in [-0.2, -0.15) is 0 Å². The summed E-state index contributed by atoms with van der Waals surface area (Å²) in [7, 11) is 1.81. The fourth-order valence-electron chi connectivity index (χ4n) is 2.22. The van der Waals surface area contributed by atoms with Crippen molar-refractivity contribution in [2.24, 2.45) is 10.9 Å². The normalized spacial score (nSPS) is 14.0. The van der Waals surface area contributed by atoms with Gasteiger partial charge in [-0.3, -0.25) is 4.99 Å². The molecule has 1 aromatic rings. The molecule has 0 radical (unpaired) electrons. The molecule has 0 heterocycles. The second kappa shape index (κ2) is 13.3. The maximum absolute atomic E-state index is 5.62. The van der Waals surface area contributed by atoms with Crippen LogP contribution < -0.4 is 16.0 Å². The quantitative estimate of drug-likeness (QED) is 0.212. The lowest BCUT2D eigenvalue weighted by Crippen LogP contribution is -2.38. The van der Waals surface area contributed by atoms with Gasteiger partial charge in [0.2, 0.25) is 0 Å². The molecule has 24 heavy (non-hydrogen) atoms. The fourth-order valence-corrected chi connectivity index (χ4v) is 2.22. The third kappa shape index (κ3) is 9.97. The van der Waals surface area contributed by atoms with Crippen molar-refractivity contribution < 1.29 is 4.74 Å². The van der Waals surface area contributed by atoms with Crippen LogP contribution in [0.1, 0.15) is 25.7 Å². The minimum Gasteiger partial charge on any atom is -0.385 e. The topological polar surface area (TPSA) is 57.7 Å². The third-order valence-corrected chi connectivity index (χ3v) is 3.78. The van der Waals surface area contributed by atoms with E-state index < -0.39 is 0 Å². The molecule has 136 valence electrons. The molecule has 1 fully saturated rings. The molecule has 0 bridgehead atoms. The summed E-state index contributed by atoms with van der Waals surface area (Å²) in [5.41, 5.74) is 1.17. The molecule has 0 amide bonds. The lowest BCUT2D eigenvalue weighted by Gasteiger charge is -2.12. The predicted molar refractivity (Wildman–Crippen MR) is 112 cm³/mol. The Morgan fingerprint density at radius 1 is 1.08 bits per heavy atom. The second-order valence-corrected chi connectivity index (χ2v) is 5.94. The first-order valence-electron chi connectivity index (χ1n) is 8.69. The first kappa shape index (κ1) is 21.0. The molecule has 0 spiro atoms. The van der Waals surface area contributed by atoms with Crippen molar-refractivity contribution in [1.29, 1.82) is 0 Å². The summed E-state index contributed by atoms with van der Waals surface area (Å²) in [6.45, 7) is 4.52. The SMILES string of the molecule is CN=C(NCCCNc1ccccc1)NCCCOCC1CC1.I. The summed E-state index contributed by atoms with van der Waals surface area (Å²) in [5, 5.41) is 10.1. The second-order valence-electron chi connectivity index (χ2n) is 5.94. The number of para-hydroxylation sites is 1. The highest BCUT2D eigenvalue weighted by molar-refractivity contribution is 14.0. The van der Waals surface area contributed by atoms with Crippen LogP contribution in [0.3, 0.4) is 0 Å². The monoisotopic (exact) mass is 446 g/mol. The Bertz CT molecular complexity index is 452. The zero-order chi connectivity index (χ0) is 16.2. The van der Waals surface area contributed by atoms with E-state index in [4.69, 9.17) is 4.74 Å². The number of benzene rings is 1. The van der Waals surface area contributed by atoms with E-state index in [1.165, 1.54) is 18.5 Å². The van der Waals surface area contributed by atoms with Gasteiger partial charge in [0.25, 0.3) is 0 Å². The molecule has 0 aromatic heterocycles. The van der Waals surface area contributed by atoms with Crippen LogP contribution in [-0.2, 0) is 4.74 Å². The molecule has 2 rings (SSSR count). The van der Waals surface area contributed by atoms with Crippen LogP contribution in [0.2, 0.25) is 0 Å². The van der Waals surface area contributed by atoms with Crippen molar-refractivity contribution in [2.75, 3.05) is 45.2 Å². The van der Waals surface area contributed by atoms with Crippen LogP contribution in [0.4, 0.5) is 5.69 Å². The first-order valence-corrected chi connectivity index (χ1v) is 8.69. The Hall–Kier alpha value is -1.02. The highest BCUT2D eigenvalue weighted by Crippen LogP contribution is 2.28. The van der Waals surface area contributed by atoms with E-state index in [1.807, 2.05) is 18.2 Å². The molecule has 1 aromatic carbocycles. The molecule has 6 heteroatoms. The maximum Gasteiger partial charge on any atom is 0.190 e. The smallest absolute Gasteiger partial charge is 0.190 e. The molecule has 0 atom stereocenters. The highest BCUT2D eigenvalue weighted by atomic mass is 127. The van der Waals surface area contributed by atoms with Gasteiger partial charge >= 0.3 is 0 Å². The first-order chi connectivity index (χ1) is 11.4. The number of aliphatic imine (C=N–C) groups is 1. The van der Waals surface area contributed by atoms with E-state index in [1.54, 1.807) is 7.05 Å². The lowest BCUT2D eigenvalue weighted by atomic mass is 10.3. The van der Waals surface area contributed by atoms with Crippen molar-refractivity contribution >= 4 is 35.6 Å². The standard InChI is InChI=1S/C18H30N4O.HI/c1-19-18(22-13-6-14-23-15-16-9-10-16)21-12-5-11-20-17-7-3-2-4-8-17;/h2-4,7-8,16,20H,5-6,9-15H2,1H3,(H2,19,21,22);1H. The summed E-state index contributed by atoms with van der Waals surface area (Å²) >= 11 is 0. The van der Waals surface area contributed by atoms with E-state index in [-0.39, 0.29) is 24.0 Å². The van der Waals surface area contributed by atoms with E-state index >= 15 is 0 Å². The van der Waals surface area contributed by atoms with Crippen molar-refractivity contribution in [3.63, 3.8) is 0 Å².